The molecule has 2 atom stereocenters. The molecule has 1 saturated heterocycles. The largest absolute Gasteiger partial charge is 0.374 e. The summed E-state index contributed by atoms with van der Waals surface area (Å²) in [5.41, 5.74) is 0.709. The van der Waals surface area contributed by atoms with Crippen LogP contribution in [-0.2, 0) is 4.74 Å². The molecule has 2 fully saturated rings. The van der Waals surface area contributed by atoms with Crippen molar-refractivity contribution in [2.24, 2.45) is 0 Å². The number of fused-ring (bicyclic) bond motifs is 1. The second-order valence-electron chi connectivity index (χ2n) is 5.70. The molecule has 1 aliphatic carbocycles. The second kappa shape index (κ2) is 5.52. The zero-order valence-electron chi connectivity index (χ0n) is 11.8. The van der Waals surface area contributed by atoms with Crippen LogP contribution >= 0.6 is 0 Å². The zero-order valence-corrected chi connectivity index (χ0v) is 11.8. The van der Waals surface area contributed by atoms with Gasteiger partial charge in [0.15, 0.2) is 0 Å². The summed E-state index contributed by atoms with van der Waals surface area (Å²) in [7, 11) is 0. The molecule has 0 aromatic heterocycles. The third-order valence-electron chi connectivity index (χ3n) is 4.42. The Morgan fingerprint density at radius 3 is 3.00 bits per heavy atom. The maximum atomic E-state index is 14.2. The summed E-state index contributed by atoms with van der Waals surface area (Å²) in [6.07, 6.45) is 4.37. The molecule has 1 saturated carbocycles. The van der Waals surface area contributed by atoms with Crippen LogP contribution < -0.4 is 0 Å². The summed E-state index contributed by atoms with van der Waals surface area (Å²) in [5.74, 6) is -0.581. The predicted molar refractivity (Wildman–Crippen MR) is 74.2 cm³/mol. The molecule has 4 heteroatoms. The molecule has 0 spiro atoms. The summed E-state index contributed by atoms with van der Waals surface area (Å²) in [6, 6.07) is 5.13. The van der Waals surface area contributed by atoms with Crippen LogP contribution in [0.4, 0.5) is 4.39 Å². The molecular formula is C16H20FNO2. The van der Waals surface area contributed by atoms with Gasteiger partial charge in [-0.05, 0) is 31.4 Å². The first kappa shape index (κ1) is 13.6. The van der Waals surface area contributed by atoms with Gasteiger partial charge in [-0.3, -0.25) is 4.79 Å². The quantitative estimate of drug-likeness (QED) is 0.790. The molecule has 20 heavy (non-hydrogen) atoms. The van der Waals surface area contributed by atoms with Crippen LogP contribution in [0.1, 0.15) is 41.6 Å². The summed E-state index contributed by atoms with van der Waals surface area (Å²) in [5, 5.41) is 0. The van der Waals surface area contributed by atoms with Crippen LogP contribution in [0.25, 0.3) is 0 Å². The zero-order chi connectivity index (χ0) is 14.1. The standard InChI is InChI=1S/C16H20FNO2/c1-11-5-4-6-12(15(11)17)16(19)18-9-10-20-14-8-3-2-7-13(14)18/h4-6,13-14H,2-3,7-10H2,1H3. The van der Waals surface area contributed by atoms with Crippen molar-refractivity contribution in [2.45, 2.75) is 44.8 Å². The number of rotatable bonds is 1. The summed E-state index contributed by atoms with van der Waals surface area (Å²) in [6.45, 7) is 2.81. The Bertz CT molecular complexity index is 515. The number of carbonyl (C=O) groups excluding carboxylic acids is 1. The van der Waals surface area contributed by atoms with Gasteiger partial charge in [-0.15, -0.1) is 0 Å². The molecule has 0 N–H and O–H groups in total. The molecule has 3 rings (SSSR count). The number of amides is 1. The van der Waals surface area contributed by atoms with E-state index in [1.54, 1.807) is 25.1 Å². The van der Waals surface area contributed by atoms with Crippen molar-refractivity contribution in [1.29, 1.82) is 0 Å². The number of aryl methyl sites for hydroxylation is 1. The fourth-order valence-electron chi connectivity index (χ4n) is 3.32. The van der Waals surface area contributed by atoms with Gasteiger partial charge in [0, 0.05) is 6.54 Å². The van der Waals surface area contributed by atoms with Crippen molar-refractivity contribution in [1.82, 2.24) is 4.90 Å². The molecular weight excluding hydrogens is 257 g/mol. The summed E-state index contributed by atoms with van der Waals surface area (Å²) >= 11 is 0. The Labute approximate surface area is 118 Å². The van der Waals surface area contributed by atoms with E-state index in [9.17, 15) is 9.18 Å². The van der Waals surface area contributed by atoms with Crippen LogP contribution in [0.3, 0.4) is 0 Å². The highest BCUT2D eigenvalue weighted by Gasteiger charge is 2.37. The monoisotopic (exact) mass is 277 g/mol. The SMILES string of the molecule is Cc1cccc(C(=O)N2CCOC3CCCCC32)c1F. The highest BCUT2D eigenvalue weighted by molar-refractivity contribution is 5.95. The molecule has 0 bridgehead atoms. The summed E-state index contributed by atoms with van der Waals surface area (Å²) in [4.78, 5) is 14.5. The van der Waals surface area contributed by atoms with Gasteiger partial charge >= 0.3 is 0 Å². The number of ether oxygens (including phenoxy) is 1. The van der Waals surface area contributed by atoms with Gasteiger partial charge in [0.25, 0.3) is 5.91 Å². The maximum absolute atomic E-state index is 14.2. The van der Waals surface area contributed by atoms with Crippen molar-refractivity contribution in [2.75, 3.05) is 13.2 Å². The van der Waals surface area contributed by atoms with Crippen molar-refractivity contribution in [3.63, 3.8) is 0 Å². The fraction of sp³-hybridized carbons (Fsp3) is 0.562. The Balaban J connectivity index is 1.87. The highest BCUT2D eigenvalue weighted by atomic mass is 19.1. The van der Waals surface area contributed by atoms with E-state index in [1.165, 1.54) is 0 Å². The predicted octanol–water partition coefficient (Wildman–Crippen LogP) is 2.92. The third kappa shape index (κ3) is 2.33. The first-order valence-corrected chi connectivity index (χ1v) is 7.36. The van der Waals surface area contributed by atoms with Gasteiger partial charge in [0.05, 0.1) is 24.3 Å². The highest BCUT2D eigenvalue weighted by Crippen LogP contribution is 2.30. The van der Waals surface area contributed by atoms with Gasteiger partial charge in [0.1, 0.15) is 5.82 Å². The van der Waals surface area contributed by atoms with E-state index in [1.807, 2.05) is 4.90 Å². The number of benzene rings is 1. The lowest BCUT2D eigenvalue weighted by atomic mass is 9.89. The Morgan fingerprint density at radius 1 is 1.35 bits per heavy atom. The van der Waals surface area contributed by atoms with E-state index in [2.05, 4.69) is 0 Å². The lowest BCUT2D eigenvalue weighted by Crippen LogP contribution is -2.55. The average molecular weight is 277 g/mol. The average Bonchev–Trinajstić information content (AvgIpc) is 2.49. The topological polar surface area (TPSA) is 29.5 Å². The Morgan fingerprint density at radius 2 is 2.15 bits per heavy atom. The molecule has 0 radical (unpaired) electrons. The van der Waals surface area contributed by atoms with E-state index in [4.69, 9.17) is 4.74 Å². The smallest absolute Gasteiger partial charge is 0.257 e. The van der Waals surface area contributed by atoms with E-state index in [0.29, 0.717) is 18.7 Å². The molecule has 1 amide bonds. The molecule has 2 unspecified atom stereocenters. The minimum Gasteiger partial charge on any atom is -0.374 e. The lowest BCUT2D eigenvalue weighted by molar-refractivity contribution is -0.0753. The minimum absolute atomic E-state index is 0.116. The normalized spacial score (nSPS) is 26.2. The van der Waals surface area contributed by atoms with Crippen molar-refractivity contribution < 1.29 is 13.9 Å². The van der Waals surface area contributed by atoms with Crippen LogP contribution in [0.5, 0.6) is 0 Å². The first-order chi connectivity index (χ1) is 9.68. The van der Waals surface area contributed by atoms with Crippen LogP contribution in [-0.4, -0.2) is 36.1 Å². The lowest BCUT2D eigenvalue weighted by Gasteiger charge is -2.43. The molecule has 3 nitrogen and oxygen atoms in total. The number of hydrogen-bond acceptors (Lipinski definition) is 2. The van der Waals surface area contributed by atoms with Crippen molar-refractivity contribution in [3.05, 3.63) is 35.1 Å². The van der Waals surface area contributed by atoms with Gasteiger partial charge in [0.2, 0.25) is 0 Å². The van der Waals surface area contributed by atoms with Crippen molar-refractivity contribution in [3.8, 4) is 0 Å². The Kier molecular flexibility index (Phi) is 3.74. The van der Waals surface area contributed by atoms with Gasteiger partial charge in [-0.25, -0.2) is 4.39 Å². The molecule has 1 aromatic rings. The fourth-order valence-corrected chi connectivity index (χ4v) is 3.32. The number of hydrogen-bond donors (Lipinski definition) is 0. The van der Waals surface area contributed by atoms with Crippen LogP contribution in [0.15, 0.2) is 18.2 Å². The molecule has 1 aliphatic heterocycles. The molecule has 1 aromatic carbocycles. The van der Waals surface area contributed by atoms with Gasteiger partial charge in [-0.2, -0.15) is 0 Å². The summed E-state index contributed by atoms with van der Waals surface area (Å²) < 4.78 is 19.9. The van der Waals surface area contributed by atoms with Gasteiger partial charge in [-0.1, -0.05) is 25.0 Å². The molecule has 2 aliphatic rings. The third-order valence-corrected chi connectivity index (χ3v) is 4.42. The van der Waals surface area contributed by atoms with E-state index in [-0.39, 0.29) is 23.6 Å². The Hall–Kier alpha value is -1.42. The van der Waals surface area contributed by atoms with Gasteiger partial charge < -0.3 is 9.64 Å². The van der Waals surface area contributed by atoms with E-state index < -0.39 is 5.82 Å². The van der Waals surface area contributed by atoms with Crippen LogP contribution in [0, 0.1) is 12.7 Å². The van der Waals surface area contributed by atoms with E-state index in [0.717, 1.165) is 25.7 Å². The van der Waals surface area contributed by atoms with E-state index >= 15 is 0 Å². The molecule has 108 valence electrons. The number of nitrogens with zero attached hydrogens (tertiary/aromatic N) is 1. The number of halogens is 1. The first-order valence-electron chi connectivity index (χ1n) is 7.36. The molecule has 1 heterocycles. The number of carbonyl (C=O) groups is 1. The minimum atomic E-state index is -0.392. The maximum Gasteiger partial charge on any atom is 0.257 e. The van der Waals surface area contributed by atoms with Crippen molar-refractivity contribution >= 4 is 5.91 Å². The second-order valence-corrected chi connectivity index (χ2v) is 5.70. The van der Waals surface area contributed by atoms with Crippen LogP contribution in [0.2, 0.25) is 0 Å². The number of morpholine rings is 1.